The summed E-state index contributed by atoms with van der Waals surface area (Å²) < 4.78 is 1.10. The topological polar surface area (TPSA) is 59.2 Å². The van der Waals surface area contributed by atoms with Crippen molar-refractivity contribution in [1.29, 1.82) is 0 Å². The fourth-order valence-corrected chi connectivity index (χ4v) is 3.51. The lowest BCUT2D eigenvalue weighted by molar-refractivity contribution is -0.129. The Morgan fingerprint density at radius 2 is 2.44 bits per heavy atom. The van der Waals surface area contributed by atoms with Crippen molar-refractivity contribution in [2.45, 2.75) is 19.0 Å². The molecule has 2 aromatic heterocycles. The first-order valence-electron chi connectivity index (χ1n) is 5.72. The van der Waals surface area contributed by atoms with E-state index in [0.717, 1.165) is 27.9 Å². The Kier molecular flexibility index (Phi) is 2.97. The first kappa shape index (κ1) is 11.9. The number of nitrogens with two attached hydrogens (primary N) is 1. The number of aromatic nitrogens is 1. The van der Waals surface area contributed by atoms with Crippen LogP contribution in [-0.4, -0.2) is 28.4 Å². The minimum Gasteiger partial charge on any atom is -0.336 e. The zero-order valence-corrected chi connectivity index (χ0v) is 11.2. The molecule has 4 nitrogen and oxygen atoms in total. The van der Waals surface area contributed by atoms with Gasteiger partial charge in [0.15, 0.2) is 0 Å². The van der Waals surface area contributed by atoms with E-state index in [1.54, 1.807) is 22.4 Å². The lowest BCUT2D eigenvalue weighted by Crippen LogP contribution is -2.33. The summed E-state index contributed by atoms with van der Waals surface area (Å²) in [5.41, 5.74) is 5.70. The quantitative estimate of drug-likeness (QED) is 0.857. The lowest BCUT2D eigenvalue weighted by atomic mass is 10.3. The van der Waals surface area contributed by atoms with Crippen molar-refractivity contribution in [2.75, 3.05) is 6.54 Å². The molecule has 1 atom stereocenters. The van der Waals surface area contributed by atoms with Gasteiger partial charge in [-0.2, -0.15) is 0 Å². The summed E-state index contributed by atoms with van der Waals surface area (Å²) >= 11 is 7.68. The van der Waals surface area contributed by atoms with Crippen molar-refractivity contribution in [2.24, 2.45) is 5.73 Å². The van der Waals surface area contributed by atoms with Crippen LogP contribution in [0.1, 0.15) is 11.3 Å². The number of amides is 1. The molecule has 18 heavy (non-hydrogen) atoms. The molecule has 1 aliphatic heterocycles. The predicted octanol–water partition coefficient (Wildman–Crippen LogP) is 2.01. The molecule has 1 aliphatic rings. The molecule has 0 aliphatic carbocycles. The smallest absolute Gasteiger partial charge is 0.239 e. The van der Waals surface area contributed by atoms with Crippen LogP contribution in [-0.2, 0) is 11.3 Å². The van der Waals surface area contributed by atoms with Crippen molar-refractivity contribution in [3.63, 3.8) is 0 Å². The van der Waals surface area contributed by atoms with Crippen molar-refractivity contribution >= 4 is 38.9 Å². The van der Waals surface area contributed by atoms with E-state index in [9.17, 15) is 4.79 Å². The summed E-state index contributed by atoms with van der Waals surface area (Å²) in [6.45, 7) is 1.35. The average molecular weight is 282 g/mol. The van der Waals surface area contributed by atoms with Crippen LogP contribution in [0.2, 0.25) is 5.15 Å². The Bertz CT molecular complexity index is 612. The maximum absolute atomic E-state index is 11.8. The molecule has 0 bridgehead atoms. The third kappa shape index (κ3) is 1.98. The number of hydrogen-bond acceptors (Lipinski definition) is 4. The Balaban J connectivity index is 1.87. The van der Waals surface area contributed by atoms with Crippen molar-refractivity contribution in [1.82, 2.24) is 9.88 Å². The van der Waals surface area contributed by atoms with E-state index in [4.69, 9.17) is 17.3 Å². The molecule has 0 saturated carbocycles. The van der Waals surface area contributed by atoms with Crippen LogP contribution in [0.3, 0.4) is 0 Å². The zero-order valence-electron chi connectivity index (χ0n) is 9.60. The van der Waals surface area contributed by atoms with Crippen LogP contribution in [0.5, 0.6) is 0 Å². The second kappa shape index (κ2) is 4.50. The maximum atomic E-state index is 11.8. The predicted molar refractivity (Wildman–Crippen MR) is 72.6 cm³/mol. The Morgan fingerprint density at radius 1 is 1.61 bits per heavy atom. The van der Waals surface area contributed by atoms with Gasteiger partial charge in [0, 0.05) is 27.7 Å². The number of nitrogens with zero attached hydrogens (tertiary/aromatic N) is 2. The van der Waals surface area contributed by atoms with Gasteiger partial charge in [0.25, 0.3) is 0 Å². The number of likely N-dealkylation sites (tertiary alicyclic amines) is 1. The average Bonchev–Trinajstić information content (AvgIpc) is 2.89. The molecule has 94 valence electrons. The highest BCUT2D eigenvalue weighted by Crippen LogP contribution is 2.30. The molecule has 2 N–H and O–H groups in total. The second-order valence-electron chi connectivity index (χ2n) is 4.38. The van der Waals surface area contributed by atoms with Gasteiger partial charge in [-0.05, 0) is 18.6 Å². The minimum atomic E-state index is -0.329. The number of hydrogen-bond donors (Lipinski definition) is 1. The molecule has 6 heteroatoms. The highest BCUT2D eigenvalue weighted by Gasteiger charge is 2.28. The van der Waals surface area contributed by atoms with E-state index in [2.05, 4.69) is 4.98 Å². The van der Waals surface area contributed by atoms with Gasteiger partial charge < -0.3 is 10.6 Å². The first-order valence-corrected chi connectivity index (χ1v) is 6.92. The molecule has 3 heterocycles. The molecule has 0 spiro atoms. The zero-order chi connectivity index (χ0) is 12.7. The monoisotopic (exact) mass is 281 g/mol. The third-order valence-corrected chi connectivity index (χ3v) is 4.52. The van der Waals surface area contributed by atoms with Crippen molar-refractivity contribution in [3.8, 4) is 0 Å². The van der Waals surface area contributed by atoms with Gasteiger partial charge in [-0.3, -0.25) is 4.79 Å². The van der Waals surface area contributed by atoms with Crippen LogP contribution in [0, 0.1) is 0 Å². The highest BCUT2D eigenvalue weighted by molar-refractivity contribution is 7.19. The largest absolute Gasteiger partial charge is 0.336 e. The van der Waals surface area contributed by atoms with E-state index in [-0.39, 0.29) is 11.9 Å². The van der Waals surface area contributed by atoms with Crippen LogP contribution in [0.4, 0.5) is 0 Å². The standard InChI is InChI=1S/C12H12ClN3OS/c13-11-8-5-7(18-10(8)1-3-15-11)6-16-4-2-9(14)12(16)17/h1,3,5,9H,2,4,6,14H2. The van der Waals surface area contributed by atoms with Crippen molar-refractivity contribution < 1.29 is 4.79 Å². The lowest BCUT2D eigenvalue weighted by Gasteiger charge is -2.14. The van der Waals surface area contributed by atoms with E-state index in [1.807, 2.05) is 12.1 Å². The fourth-order valence-electron chi connectivity index (χ4n) is 2.17. The van der Waals surface area contributed by atoms with Gasteiger partial charge in [0.05, 0.1) is 12.6 Å². The fraction of sp³-hybridized carbons (Fsp3) is 0.333. The number of halogens is 1. The van der Waals surface area contributed by atoms with Crippen molar-refractivity contribution in [3.05, 3.63) is 28.4 Å². The summed E-state index contributed by atoms with van der Waals surface area (Å²) in [7, 11) is 0. The normalized spacial score (nSPS) is 20.0. The molecular weight excluding hydrogens is 270 g/mol. The van der Waals surface area contributed by atoms with E-state index in [1.165, 1.54) is 0 Å². The van der Waals surface area contributed by atoms with Gasteiger partial charge in [0.1, 0.15) is 5.15 Å². The van der Waals surface area contributed by atoms with E-state index >= 15 is 0 Å². The summed E-state index contributed by atoms with van der Waals surface area (Å²) in [4.78, 5) is 18.7. The summed E-state index contributed by atoms with van der Waals surface area (Å²) in [5, 5.41) is 1.47. The summed E-state index contributed by atoms with van der Waals surface area (Å²) in [5.74, 6) is 0.0386. The van der Waals surface area contributed by atoms with Gasteiger partial charge in [-0.15, -0.1) is 11.3 Å². The summed E-state index contributed by atoms with van der Waals surface area (Å²) in [6, 6.07) is 3.61. The molecular formula is C12H12ClN3OS. The number of rotatable bonds is 2. The Hall–Kier alpha value is -1.17. The summed E-state index contributed by atoms with van der Waals surface area (Å²) in [6.07, 6.45) is 2.44. The second-order valence-corrected chi connectivity index (χ2v) is 5.91. The third-order valence-electron chi connectivity index (χ3n) is 3.13. The molecule has 2 aromatic rings. The number of thiophene rings is 1. The Morgan fingerprint density at radius 3 is 3.11 bits per heavy atom. The minimum absolute atomic E-state index is 0.0386. The molecule has 1 saturated heterocycles. The van der Waals surface area contributed by atoms with Gasteiger partial charge >= 0.3 is 0 Å². The number of pyridine rings is 1. The van der Waals surface area contributed by atoms with Crippen LogP contribution in [0.25, 0.3) is 10.1 Å². The molecule has 3 rings (SSSR count). The molecule has 1 fully saturated rings. The van der Waals surface area contributed by atoms with Crippen LogP contribution >= 0.6 is 22.9 Å². The first-order chi connectivity index (χ1) is 8.65. The number of fused-ring (bicyclic) bond motifs is 1. The molecule has 0 aromatic carbocycles. The van der Waals surface area contributed by atoms with E-state index in [0.29, 0.717) is 11.7 Å². The SMILES string of the molecule is NC1CCN(Cc2cc3c(Cl)nccc3s2)C1=O. The molecule has 0 radical (unpaired) electrons. The molecule has 1 unspecified atom stereocenters. The van der Waals surface area contributed by atoms with Crippen LogP contribution < -0.4 is 5.73 Å². The maximum Gasteiger partial charge on any atom is 0.239 e. The number of carbonyl (C=O) groups is 1. The van der Waals surface area contributed by atoms with E-state index < -0.39 is 0 Å². The van der Waals surface area contributed by atoms with Gasteiger partial charge in [-0.25, -0.2) is 4.98 Å². The number of carbonyl (C=O) groups excluding carboxylic acids is 1. The van der Waals surface area contributed by atoms with Gasteiger partial charge in [-0.1, -0.05) is 11.6 Å². The Labute approximate surface area is 113 Å². The van der Waals surface area contributed by atoms with Gasteiger partial charge in [0.2, 0.25) is 5.91 Å². The highest BCUT2D eigenvalue weighted by atomic mass is 35.5. The van der Waals surface area contributed by atoms with Crippen LogP contribution in [0.15, 0.2) is 18.3 Å². The molecule has 1 amide bonds.